The van der Waals surface area contributed by atoms with Crippen molar-refractivity contribution in [2.24, 2.45) is 0 Å². The molecule has 2 amide bonds. The fourth-order valence-corrected chi connectivity index (χ4v) is 5.00. The maximum atomic E-state index is 12.8. The lowest BCUT2D eigenvalue weighted by atomic mass is 10.1. The summed E-state index contributed by atoms with van der Waals surface area (Å²) in [5, 5.41) is 0. The van der Waals surface area contributed by atoms with Crippen LogP contribution in [0.5, 0.6) is 0 Å². The zero-order valence-electron chi connectivity index (χ0n) is 17.3. The van der Waals surface area contributed by atoms with Gasteiger partial charge in [-0.25, -0.2) is 4.98 Å². The fraction of sp³-hybridized carbons (Fsp3) is 0.524. The van der Waals surface area contributed by atoms with Crippen molar-refractivity contribution in [3.63, 3.8) is 0 Å². The van der Waals surface area contributed by atoms with Gasteiger partial charge in [0.1, 0.15) is 5.82 Å². The highest BCUT2D eigenvalue weighted by molar-refractivity contribution is 7.13. The molecule has 1 fully saturated rings. The van der Waals surface area contributed by atoms with Crippen LogP contribution >= 0.6 is 11.3 Å². The predicted octanol–water partition coefficient (Wildman–Crippen LogP) is 2.04. The summed E-state index contributed by atoms with van der Waals surface area (Å²) in [6, 6.07) is 3.55. The summed E-state index contributed by atoms with van der Waals surface area (Å²) >= 11 is 1.46. The van der Waals surface area contributed by atoms with E-state index in [9.17, 15) is 14.4 Å². The van der Waals surface area contributed by atoms with Crippen LogP contribution in [0.3, 0.4) is 0 Å². The first-order chi connectivity index (χ1) is 14.5. The van der Waals surface area contributed by atoms with Gasteiger partial charge in [-0.15, -0.1) is 11.3 Å². The van der Waals surface area contributed by atoms with Crippen molar-refractivity contribution in [2.75, 3.05) is 26.8 Å². The van der Waals surface area contributed by atoms with Crippen molar-refractivity contribution in [2.45, 2.75) is 45.2 Å². The highest BCUT2D eigenvalue weighted by atomic mass is 32.1. The molecule has 0 saturated carbocycles. The van der Waals surface area contributed by atoms with E-state index in [0.717, 1.165) is 23.4 Å². The molecule has 0 radical (unpaired) electrons. The van der Waals surface area contributed by atoms with E-state index in [0.29, 0.717) is 48.8 Å². The lowest BCUT2D eigenvalue weighted by molar-refractivity contribution is -0.133. The van der Waals surface area contributed by atoms with Gasteiger partial charge >= 0.3 is 0 Å². The molecule has 2 aliphatic rings. The highest BCUT2D eigenvalue weighted by Gasteiger charge is 2.33. The predicted molar refractivity (Wildman–Crippen MR) is 113 cm³/mol. The van der Waals surface area contributed by atoms with Crippen molar-refractivity contribution in [1.82, 2.24) is 19.8 Å². The van der Waals surface area contributed by atoms with Gasteiger partial charge < -0.3 is 19.5 Å². The van der Waals surface area contributed by atoms with Crippen molar-refractivity contribution in [3.8, 4) is 0 Å². The minimum absolute atomic E-state index is 0.0164. The second-order valence-corrected chi connectivity index (χ2v) is 9.04. The summed E-state index contributed by atoms with van der Waals surface area (Å²) in [6.07, 6.45) is 2.52. The Morgan fingerprint density at radius 2 is 2.17 bits per heavy atom. The number of aromatic amines is 1. The van der Waals surface area contributed by atoms with Crippen LogP contribution in [0.1, 0.15) is 56.9 Å². The second kappa shape index (κ2) is 8.69. The largest absolute Gasteiger partial charge is 0.384 e. The number of carbonyl (C=O) groups is 2. The highest BCUT2D eigenvalue weighted by Crippen LogP contribution is 2.31. The lowest BCUT2D eigenvalue weighted by Crippen LogP contribution is -2.40. The number of aryl methyl sites for hydroxylation is 1. The van der Waals surface area contributed by atoms with Gasteiger partial charge in [0.2, 0.25) is 5.91 Å². The van der Waals surface area contributed by atoms with E-state index in [-0.39, 0.29) is 30.0 Å². The number of nitrogens with zero attached hydrogens (tertiary/aromatic N) is 3. The van der Waals surface area contributed by atoms with Gasteiger partial charge in [-0.3, -0.25) is 14.4 Å². The lowest BCUT2D eigenvalue weighted by Gasteiger charge is -2.29. The molecule has 8 nitrogen and oxygen atoms in total. The summed E-state index contributed by atoms with van der Waals surface area (Å²) in [5.74, 6) is 0.520. The SMILES string of the molecule is COCCC(=O)N1CCCC1c1nc2c(c(=O)[nH]1)CN(C(=O)c1ccc(C)s1)CC2. The van der Waals surface area contributed by atoms with Crippen LogP contribution in [0.15, 0.2) is 16.9 Å². The van der Waals surface area contributed by atoms with E-state index >= 15 is 0 Å². The van der Waals surface area contributed by atoms with Crippen LogP contribution in [0.25, 0.3) is 0 Å². The molecule has 4 heterocycles. The van der Waals surface area contributed by atoms with E-state index in [2.05, 4.69) is 4.98 Å². The molecule has 1 N–H and O–H groups in total. The fourth-order valence-electron chi connectivity index (χ4n) is 4.16. The number of aromatic nitrogens is 2. The van der Waals surface area contributed by atoms with E-state index in [1.54, 1.807) is 16.9 Å². The molecule has 0 aromatic carbocycles. The Labute approximate surface area is 178 Å². The number of H-pyrrole nitrogens is 1. The molecule has 1 saturated heterocycles. The van der Waals surface area contributed by atoms with Gasteiger partial charge in [-0.2, -0.15) is 0 Å². The molecule has 9 heteroatoms. The van der Waals surface area contributed by atoms with Crippen molar-refractivity contribution in [3.05, 3.63) is 49.3 Å². The minimum atomic E-state index is -0.217. The Kier molecular flexibility index (Phi) is 6.01. The number of hydrogen-bond acceptors (Lipinski definition) is 6. The number of fused-ring (bicyclic) bond motifs is 1. The zero-order chi connectivity index (χ0) is 21.3. The standard InChI is InChI=1S/C21H26N4O4S/c1-13-5-6-17(30-13)21(28)24-10-7-15-14(12-24)20(27)23-19(22-15)16-4-3-9-25(16)18(26)8-11-29-2/h5-6,16H,3-4,7-12H2,1-2H3,(H,22,23,27). The van der Waals surface area contributed by atoms with Crippen LogP contribution in [-0.2, 0) is 22.5 Å². The summed E-state index contributed by atoms with van der Waals surface area (Å²) in [7, 11) is 1.57. The Morgan fingerprint density at radius 1 is 1.33 bits per heavy atom. The van der Waals surface area contributed by atoms with Gasteiger partial charge in [-0.05, 0) is 31.9 Å². The normalized spacial score (nSPS) is 18.5. The van der Waals surface area contributed by atoms with Gasteiger partial charge in [0.15, 0.2) is 0 Å². The molecule has 30 heavy (non-hydrogen) atoms. The summed E-state index contributed by atoms with van der Waals surface area (Å²) < 4.78 is 5.02. The van der Waals surface area contributed by atoms with E-state index in [1.165, 1.54) is 11.3 Å². The topological polar surface area (TPSA) is 95.6 Å². The van der Waals surface area contributed by atoms with Gasteiger partial charge in [0, 0.05) is 31.5 Å². The minimum Gasteiger partial charge on any atom is -0.384 e. The van der Waals surface area contributed by atoms with Crippen molar-refractivity contribution < 1.29 is 14.3 Å². The molecular weight excluding hydrogens is 404 g/mol. The molecule has 1 atom stereocenters. The number of nitrogens with one attached hydrogen (secondary N) is 1. The van der Waals surface area contributed by atoms with Gasteiger partial charge in [-0.1, -0.05) is 0 Å². The van der Waals surface area contributed by atoms with E-state index in [4.69, 9.17) is 9.72 Å². The molecule has 1 unspecified atom stereocenters. The molecule has 0 aliphatic carbocycles. The monoisotopic (exact) mass is 430 g/mol. The maximum Gasteiger partial charge on any atom is 0.264 e. The Hall–Kier alpha value is -2.52. The third-order valence-corrected chi connectivity index (χ3v) is 6.72. The smallest absolute Gasteiger partial charge is 0.264 e. The second-order valence-electron chi connectivity index (χ2n) is 7.75. The van der Waals surface area contributed by atoms with E-state index < -0.39 is 0 Å². The molecule has 2 aromatic rings. The number of ether oxygens (including phenoxy) is 1. The molecule has 0 spiro atoms. The van der Waals surface area contributed by atoms with E-state index in [1.807, 2.05) is 19.1 Å². The molecular formula is C21H26N4O4S. The molecule has 2 aliphatic heterocycles. The molecule has 2 aromatic heterocycles. The summed E-state index contributed by atoms with van der Waals surface area (Å²) in [4.78, 5) is 51.0. The van der Waals surface area contributed by atoms with Gasteiger partial charge in [0.25, 0.3) is 11.5 Å². The average molecular weight is 431 g/mol. The van der Waals surface area contributed by atoms with Crippen molar-refractivity contribution >= 4 is 23.2 Å². The first-order valence-corrected chi connectivity index (χ1v) is 11.1. The number of amides is 2. The number of rotatable bonds is 5. The molecule has 0 bridgehead atoms. The number of thiophene rings is 1. The first kappa shape index (κ1) is 20.7. The van der Waals surface area contributed by atoms with Crippen LogP contribution in [0, 0.1) is 6.92 Å². The van der Waals surface area contributed by atoms with Crippen LogP contribution in [-0.4, -0.2) is 58.4 Å². The zero-order valence-corrected chi connectivity index (χ0v) is 18.1. The third kappa shape index (κ3) is 4.04. The number of carbonyl (C=O) groups excluding carboxylic acids is 2. The third-order valence-electron chi connectivity index (χ3n) is 5.73. The van der Waals surface area contributed by atoms with Crippen LogP contribution in [0.4, 0.5) is 0 Å². The molecule has 4 rings (SSSR count). The van der Waals surface area contributed by atoms with Gasteiger partial charge in [0.05, 0.1) is 41.7 Å². The number of likely N-dealkylation sites (tertiary alicyclic amines) is 1. The number of hydrogen-bond donors (Lipinski definition) is 1. The maximum absolute atomic E-state index is 12.8. The van der Waals surface area contributed by atoms with Crippen LogP contribution < -0.4 is 5.56 Å². The molecule has 160 valence electrons. The number of methoxy groups -OCH3 is 1. The summed E-state index contributed by atoms with van der Waals surface area (Å²) in [5.41, 5.74) is 1.06. The first-order valence-electron chi connectivity index (χ1n) is 10.2. The Balaban J connectivity index is 1.54. The average Bonchev–Trinajstić information content (AvgIpc) is 3.40. The van der Waals surface area contributed by atoms with Crippen LogP contribution in [0.2, 0.25) is 0 Å². The Bertz CT molecular complexity index is 1010. The summed E-state index contributed by atoms with van der Waals surface area (Å²) in [6.45, 7) is 3.80. The van der Waals surface area contributed by atoms with Crippen molar-refractivity contribution in [1.29, 1.82) is 0 Å². The Morgan fingerprint density at radius 3 is 2.90 bits per heavy atom. The quantitative estimate of drug-likeness (QED) is 0.783.